The zero-order valence-electron chi connectivity index (χ0n) is 21.6. The zero-order valence-corrected chi connectivity index (χ0v) is 23.3. The molecule has 1 aliphatic rings. The second-order valence-corrected chi connectivity index (χ2v) is 14.1. The first-order chi connectivity index (χ1) is 17.4. The fraction of sp³-hybridized carbons (Fsp3) is 0.357. The fourth-order valence-corrected chi connectivity index (χ4v) is 6.70. The number of benzene rings is 3. The molecule has 0 saturated heterocycles. The molecule has 0 amide bonds. The minimum absolute atomic E-state index is 0.0157. The van der Waals surface area contributed by atoms with Gasteiger partial charge in [-0.2, -0.15) is 4.31 Å². The largest absolute Gasteiger partial charge is 0.496 e. The lowest BCUT2D eigenvalue weighted by Crippen LogP contribution is -2.30. The van der Waals surface area contributed by atoms with E-state index in [2.05, 4.69) is 25.5 Å². The summed E-state index contributed by atoms with van der Waals surface area (Å²) in [5.41, 5.74) is 2.72. The first-order valence-corrected chi connectivity index (χ1v) is 15.2. The molecule has 3 aromatic rings. The number of rotatable bonds is 10. The predicted octanol–water partition coefficient (Wildman–Crippen LogP) is 4.82. The SMILES string of the molecule is COc1ccccc1CN(Cc1ccc(C(C)(C)C)cc1)S(=O)(=O)c1ccc(S(=O)(=O)NC2CC2)cc1. The van der Waals surface area contributed by atoms with Crippen LogP contribution in [0.25, 0.3) is 0 Å². The van der Waals surface area contributed by atoms with Crippen molar-refractivity contribution in [2.75, 3.05) is 7.11 Å². The molecule has 37 heavy (non-hydrogen) atoms. The van der Waals surface area contributed by atoms with Crippen LogP contribution in [-0.4, -0.2) is 34.3 Å². The van der Waals surface area contributed by atoms with E-state index >= 15 is 0 Å². The van der Waals surface area contributed by atoms with Gasteiger partial charge < -0.3 is 4.74 Å². The van der Waals surface area contributed by atoms with Gasteiger partial charge in [0.25, 0.3) is 0 Å². The summed E-state index contributed by atoms with van der Waals surface area (Å²) < 4.78 is 62.2. The lowest BCUT2D eigenvalue weighted by atomic mass is 9.87. The summed E-state index contributed by atoms with van der Waals surface area (Å²) >= 11 is 0. The average molecular weight is 543 g/mol. The molecule has 0 aromatic heterocycles. The molecule has 0 radical (unpaired) electrons. The maximum Gasteiger partial charge on any atom is 0.243 e. The van der Waals surface area contributed by atoms with Gasteiger partial charge in [0.05, 0.1) is 16.9 Å². The van der Waals surface area contributed by atoms with E-state index in [0.717, 1.165) is 29.5 Å². The Labute approximate surface area is 220 Å². The third-order valence-electron chi connectivity index (χ3n) is 6.39. The number of para-hydroxylation sites is 1. The molecule has 9 heteroatoms. The summed E-state index contributed by atoms with van der Waals surface area (Å²) in [5, 5.41) is 0. The topological polar surface area (TPSA) is 92.8 Å². The lowest BCUT2D eigenvalue weighted by molar-refractivity contribution is 0.375. The van der Waals surface area contributed by atoms with E-state index in [0.29, 0.717) is 5.75 Å². The van der Waals surface area contributed by atoms with Crippen molar-refractivity contribution in [2.24, 2.45) is 0 Å². The quantitative estimate of drug-likeness (QED) is 0.396. The van der Waals surface area contributed by atoms with Crippen molar-refractivity contribution in [3.05, 3.63) is 89.5 Å². The van der Waals surface area contributed by atoms with E-state index in [-0.39, 0.29) is 34.3 Å². The van der Waals surface area contributed by atoms with Crippen LogP contribution in [0.2, 0.25) is 0 Å². The highest BCUT2D eigenvalue weighted by atomic mass is 32.2. The van der Waals surface area contributed by atoms with Gasteiger partial charge in [0, 0.05) is 24.7 Å². The van der Waals surface area contributed by atoms with Crippen molar-refractivity contribution in [1.82, 2.24) is 9.03 Å². The Morgan fingerprint density at radius 3 is 2.00 bits per heavy atom. The molecule has 198 valence electrons. The van der Waals surface area contributed by atoms with Gasteiger partial charge in [-0.15, -0.1) is 0 Å². The van der Waals surface area contributed by atoms with Crippen LogP contribution in [0.3, 0.4) is 0 Å². The Morgan fingerprint density at radius 1 is 0.838 bits per heavy atom. The van der Waals surface area contributed by atoms with Crippen molar-refractivity contribution < 1.29 is 21.6 Å². The molecule has 3 aromatic carbocycles. The third-order valence-corrected chi connectivity index (χ3v) is 9.73. The highest BCUT2D eigenvalue weighted by Gasteiger charge is 2.30. The monoisotopic (exact) mass is 542 g/mol. The molecule has 0 aliphatic heterocycles. The van der Waals surface area contributed by atoms with Crippen LogP contribution < -0.4 is 9.46 Å². The number of ether oxygens (including phenoxy) is 1. The Hall–Kier alpha value is -2.72. The second kappa shape index (κ2) is 10.6. The first kappa shape index (κ1) is 27.3. The maximum absolute atomic E-state index is 13.8. The number of hydrogen-bond donors (Lipinski definition) is 1. The van der Waals surface area contributed by atoms with Crippen molar-refractivity contribution >= 4 is 20.0 Å². The average Bonchev–Trinajstić information content (AvgIpc) is 3.67. The molecule has 1 saturated carbocycles. The highest BCUT2D eigenvalue weighted by molar-refractivity contribution is 7.89. The number of hydrogen-bond acceptors (Lipinski definition) is 5. The molecule has 0 atom stereocenters. The molecular weight excluding hydrogens is 508 g/mol. The molecular formula is C28H34N2O5S2. The third kappa shape index (κ3) is 6.59. The zero-order chi connectivity index (χ0) is 26.8. The normalized spacial score (nSPS) is 14.6. The molecule has 7 nitrogen and oxygen atoms in total. The van der Waals surface area contributed by atoms with Crippen molar-refractivity contribution in [3.8, 4) is 5.75 Å². The predicted molar refractivity (Wildman–Crippen MR) is 144 cm³/mol. The number of sulfonamides is 2. The van der Waals surface area contributed by atoms with Crippen LogP contribution in [0.5, 0.6) is 5.75 Å². The van der Waals surface area contributed by atoms with Crippen LogP contribution in [0.1, 0.15) is 50.3 Å². The molecule has 0 heterocycles. The van der Waals surface area contributed by atoms with E-state index in [1.54, 1.807) is 13.2 Å². The standard InChI is InChI=1S/C28H34N2O5S2/c1-28(2,3)23-11-9-21(10-12-23)19-30(20-22-7-5-6-8-27(22)35-4)37(33,34)26-17-15-25(16-18-26)36(31,32)29-24-13-14-24/h5-12,15-18,24,29H,13-14,19-20H2,1-4H3. The first-order valence-electron chi connectivity index (χ1n) is 12.2. The Morgan fingerprint density at radius 2 is 1.43 bits per heavy atom. The summed E-state index contributed by atoms with van der Waals surface area (Å²) in [7, 11) is -6.09. The molecule has 1 aliphatic carbocycles. The lowest BCUT2D eigenvalue weighted by Gasteiger charge is -2.24. The summed E-state index contributed by atoms with van der Waals surface area (Å²) in [4.78, 5) is 0.0754. The highest BCUT2D eigenvalue weighted by Crippen LogP contribution is 2.28. The van der Waals surface area contributed by atoms with Gasteiger partial charge >= 0.3 is 0 Å². The molecule has 4 rings (SSSR count). The Balaban J connectivity index is 1.66. The second-order valence-electron chi connectivity index (χ2n) is 10.4. The molecule has 0 bridgehead atoms. The minimum Gasteiger partial charge on any atom is -0.496 e. The number of methoxy groups -OCH3 is 1. The maximum atomic E-state index is 13.8. The van der Waals surface area contributed by atoms with E-state index in [9.17, 15) is 16.8 Å². The van der Waals surface area contributed by atoms with Crippen molar-refractivity contribution in [3.63, 3.8) is 0 Å². The van der Waals surface area contributed by atoms with Gasteiger partial charge in [-0.1, -0.05) is 63.2 Å². The number of nitrogens with one attached hydrogen (secondary N) is 1. The molecule has 1 N–H and O–H groups in total. The summed E-state index contributed by atoms with van der Waals surface area (Å²) in [6, 6.07) is 20.6. The van der Waals surface area contributed by atoms with Crippen LogP contribution in [0, 0.1) is 0 Å². The van der Waals surface area contributed by atoms with Gasteiger partial charge in [-0.05, 0) is 59.7 Å². The van der Waals surface area contributed by atoms with Crippen LogP contribution in [0.4, 0.5) is 0 Å². The van der Waals surface area contributed by atoms with Gasteiger partial charge in [-0.3, -0.25) is 0 Å². The van der Waals surface area contributed by atoms with E-state index in [1.165, 1.54) is 28.6 Å². The number of nitrogens with zero attached hydrogens (tertiary/aromatic N) is 1. The van der Waals surface area contributed by atoms with Crippen LogP contribution >= 0.6 is 0 Å². The van der Waals surface area contributed by atoms with Crippen LogP contribution in [0.15, 0.2) is 82.6 Å². The minimum atomic E-state index is -3.97. The van der Waals surface area contributed by atoms with Crippen molar-refractivity contribution in [2.45, 2.75) is 68.0 Å². The summed E-state index contributed by atoms with van der Waals surface area (Å²) in [5.74, 6) is 0.596. The van der Waals surface area contributed by atoms with Crippen LogP contribution in [-0.2, 0) is 38.6 Å². The van der Waals surface area contributed by atoms with Gasteiger partial charge in [-0.25, -0.2) is 21.6 Å². The molecule has 0 unspecified atom stereocenters. The molecule has 0 spiro atoms. The summed E-state index contributed by atoms with van der Waals surface area (Å²) in [6.45, 7) is 6.63. The van der Waals surface area contributed by atoms with Gasteiger partial charge in [0.1, 0.15) is 5.75 Å². The van der Waals surface area contributed by atoms with Gasteiger partial charge in [0.15, 0.2) is 0 Å². The molecule has 1 fully saturated rings. The fourth-order valence-electron chi connectivity index (χ4n) is 3.99. The summed E-state index contributed by atoms with van der Waals surface area (Å²) in [6.07, 6.45) is 1.64. The van der Waals surface area contributed by atoms with E-state index in [1.807, 2.05) is 42.5 Å². The Kier molecular flexibility index (Phi) is 7.80. The van der Waals surface area contributed by atoms with E-state index < -0.39 is 20.0 Å². The van der Waals surface area contributed by atoms with Crippen molar-refractivity contribution in [1.29, 1.82) is 0 Å². The Bertz CT molecular complexity index is 1440. The van der Waals surface area contributed by atoms with Gasteiger partial charge in [0.2, 0.25) is 20.0 Å². The smallest absolute Gasteiger partial charge is 0.243 e. The van der Waals surface area contributed by atoms with E-state index in [4.69, 9.17) is 4.74 Å².